The van der Waals surface area contributed by atoms with E-state index in [0.29, 0.717) is 17.6 Å². The van der Waals surface area contributed by atoms with Gasteiger partial charge in [0.1, 0.15) is 11.5 Å². The van der Waals surface area contributed by atoms with Crippen LogP contribution < -0.4 is 4.74 Å². The van der Waals surface area contributed by atoms with Crippen molar-refractivity contribution in [3.63, 3.8) is 0 Å². The van der Waals surface area contributed by atoms with E-state index in [1.165, 1.54) is 33.3 Å². The van der Waals surface area contributed by atoms with Crippen LogP contribution in [0.2, 0.25) is 0 Å². The molecule has 6 unspecified atom stereocenters. The fraction of sp³-hybridized carbons (Fsp3) is 0.478. The standard InChI is InChI=1S/C23H22Cl2N2O6/c1-26-18(29)13-7-6-11-14(16(13)19(26)30)9-22(24)20(31)27(2)21(32)23(22,25)17(11)12-5-4-10(28)8-15(12)33-3/h4-6,8,13-14,16-17,28H,7,9H2,1-3H3. The van der Waals surface area contributed by atoms with Gasteiger partial charge in [-0.3, -0.25) is 29.0 Å². The summed E-state index contributed by atoms with van der Waals surface area (Å²) in [5.41, 5.74) is 1.14. The number of fused-ring (bicyclic) bond motifs is 4. The summed E-state index contributed by atoms with van der Waals surface area (Å²) in [7, 11) is 4.20. The molecule has 2 aliphatic heterocycles. The fourth-order valence-corrected chi connectivity index (χ4v) is 7.20. The average molecular weight is 493 g/mol. The number of amides is 4. The number of benzene rings is 1. The number of phenols is 1. The summed E-state index contributed by atoms with van der Waals surface area (Å²) in [6.45, 7) is 0. The van der Waals surface area contributed by atoms with Crippen LogP contribution in [0.15, 0.2) is 29.8 Å². The Labute approximate surface area is 200 Å². The number of aromatic hydroxyl groups is 1. The fourth-order valence-electron chi connectivity index (χ4n) is 6.19. The molecule has 8 nitrogen and oxygen atoms in total. The van der Waals surface area contributed by atoms with Crippen molar-refractivity contribution in [1.29, 1.82) is 0 Å². The zero-order valence-electron chi connectivity index (χ0n) is 18.2. The predicted octanol–water partition coefficient (Wildman–Crippen LogP) is 2.02. The van der Waals surface area contributed by atoms with Crippen molar-refractivity contribution < 1.29 is 29.0 Å². The van der Waals surface area contributed by atoms with Crippen molar-refractivity contribution in [3.8, 4) is 11.5 Å². The lowest BCUT2D eigenvalue weighted by Gasteiger charge is -2.51. The number of likely N-dealkylation sites (tertiary alicyclic amines) is 2. The molecule has 2 heterocycles. The van der Waals surface area contributed by atoms with Gasteiger partial charge < -0.3 is 9.84 Å². The minimum Gasteiger partial charge on any atom is -0.508 e. The van der Waals surface area contributed by atoms with Crippen molar-refractivity contribution in [2.24, 2.45) is 17.8 Å². The van der Waals surface area contributed by atoms with Crippen molar-refractivity contribution in [3.05, 3.63) is 35.4 Å². The lowest BCUT2D eigenvalue weighted by atomic mass is 9.56. The molecule has 0 bridgehead atoms. The van der Waals surface area contributed by atoms with Crippen LogP contribution in [-0.2, 0) is 19.2 Å². The minimum absolute atomic E-state index is 0.0504. The molecule has 10 heteroatoms. The smallest absolute Gasteiger partial charge is 0.253 e. The minimum atomic E-state index is -1.88. The predicted molar refractivity (Wildman–Crippen MR) is 118 cm³/mol. The van der Waals surface area contributed by atoms with Gasteiger partial charge >= 0.3 is 0 Å². The van der Waals surface area contributed by atoms with Gasteiger partial charge in [-0.2, -0.15) is 0 Å². The van der Waals surface area contributed by atoms with Crippen LogP contribution in [-0.4, -0.2) is 69.5 Å². The SMILES string of the molecule is COc1cc(O)ccc1C1C2=CCC3C(=O)N(C)C(=O)C3C2CC2(Cl)C(=O)N(C)C(=O)C12Cl. The van der Waals surface area contributed by atoms with Crippen LogP contribution >= 0.6 is 23.2 Å². The van der Waals surface area contributed by atoms with E-state index in [2.05, 4.69) is 0 Å². The first-order chi connectivity index (χ1) is 15.5. The summed E-state index contributed by atoms with van der Waals surface area (Å²) >= 11 is 14.1. The number of rotatable bonds is 2. The van der Waals surface area contributed by atoms with E-state index in [1.807, 2.05) is 6.08 Å². The maximum absolute atomic E-state index is 13.4. The summed E-state index contributed by atoms with van der Waals surface area (Å²) in [4.78, 5) is 50.8. The van der Waals surface area contributed by atoms with Gasteiger partial charge in [0, 0.05) is 31.6 Å². The highest BCUT2D eigenvalue weighted by atomic mass is 35.5. The van der Waals surface area contributed by atoms with Gasteiger partial charge in [0.05, 0.1) is 18.9 Å². The molecule has 33 heavy (non-hydrogen) atoms. The normalized spacial score (nSPS) is 37.7. The largest absolute Gasteiger partial charge is 0.508 e. The zero-order chi connectivity index (χ0) is 24.0. The lowest BCUT2D eigenvalue weighted by Crippen LogP contribution is -2.60. The molecule has 2 aliphatic carbocycles. The van der Waals surface area contributed by atoms with Crippen molar-refractivity contribution in [2.45, 2.75) is 28.5 Å². The Balaban J connectivity index is 1.78. The quantitative estimate of drug-likeness (QED) is 0.384. The van der Waals surface area contributed by atoms with Gasteiger partial charge in [0.2, 0.25) is 11.8 Å². The molecule has 3 fully saturated rings. The molecule has 0 aromatic heterocycles. The van der Waals surface area contributed by atoms with Gasteiger partial charge in [0.15, 0.2) is 9.75 Å². The van der Waals surface area contributed by atoms with E-state index in [-0.39, 0.29) is 29.7 Å². The second kappa shape index (κ2) is 6.96. The number of halogens is 2. The van der Waals surface area contributed by atoms with Crippen molar-refractivity contribution in [2.75, 3.05) is 21.2 Å². The molecule has 0 spiro atoms. The molecule has 174 valence electrons. The number of imide groups is 2. The van der Waals surface area contributed by atoms with Gasteiger partial charge in [-0.25, -0.2) is 0 Å². The maximum atomic E-state index is 13.4. The van der Waals surface area contributed by atoms with Crippen LogP contribution in [0.1, 0.15) is 24.3 Å². The lowest BCUT2D eigenvalue weighted by molar-refractivity contribution is -0.140. The van der Waals surface area contributed by atoms with E-state index in [0.717, 1.165) is 9.80 Å². The second-order valence-electron chi connectivity index (χ2n) is 9.16. The van der Waals surface area contributed by atoms with E-state index >= 15 is 0 Å². The third kappa shape index (κ3) is 2.53. The van der Waals surface area contributed by atoms with Crippen LogP contribution in [0.4, 0.5) is 0 Å². The Bertz CT molecular complexity index is 1170. The van der Waals surface area contributed by atoms with Gasteiger partial charge in [-0.15, -0.1) is 23.2 Å². The van der Waals surface area contributed by atoms with Crippen molar-refractivity contribution >= 4 is 46.8 Å². The molecular formula is C23H22Cl2N2O6. The van der Waals surface area contributed by atoms with Gasteiger partial charge in [0.25, 0.3) is 11.8 Å². The highest BCUT2D eigenvalue weighted by Gasteiger charge is 2.76. The third-order valence-corrected chi connectivity index (χ3v) is 9.18. The summed E-state index contributed by atoms with van der Waals surface area (Å²) in [6, 6.07) is 4.41. The molecular weight excluding hydrogens is 471 g/mol. The first kappa shape index (κ1) is 22.2. The summed E-state index contributed by atoms with van der Waals surface area (Å²) in [5.74, 6) is -4.39. The number of allylic oxidation sites excluding steroid dienone is 2. The Hall–Kier alpha value is -2.58. The van der Waals surface area contributed by atoms with Crippen molar-refractivity contribution in [1.82, 2.24) is 9.80 Å². The third-order valence-electron chi connectivity index (χ3n) is 7.76. The highest BCUT2D eigenvalue weighted by molar-refractivity contribution is 6.53. The van der Waals surface area contributed by atoms with E-state index in [1.54, 1.807) is 6.07 Å². The topological polar surface area (TPSA) is 104 Å². The molecule has 5 rings (SSSR count). The van der Waals surface area contributed by atoms with Gasteiger partial charge in [-0.1, -0.05) is 17.7 Å². The Morgan fingerprint density at radius 2 is 1.73 bits per heavy atom. The highest BCUT2D eigenvalue weighted by Crippen LogP contribution is 2.66. The van der Waals surface area contributed by atoms with Gasteiger partial charge in [-0.05, 0) is 24.8 Å². The molecule has 1 aromatic rings. The van der Waals surface area contributed by atoms with E-state index < -0.39 is 45.2 Å². The number of carbonyl (C=O) groups is 4. The summed E-state index contributed by atoms with van der Waals surface area (Å²) < 4.78 is 5.49. The monoisotopic (exact) mass is 492 g/mol. The number of phenolic OH excluding ortho intramolecular Hbond substituents is 1. The number of hydrogen-bond acceptors (Lipinski definition) is 6. The summed E-state index contributed by atoms with van der Waals surface area (Å²) in [6.07, 6.45) is 2.11. The average Bonchev–Trinajstić information content (AvgIpc) is 3.09. The maximum Gasteiger partial charge on any atom is 0.253 e. The molecule has 1 N–H and O–H groups in total. The molecule has 6 atom stereocenters. The molecule has 4 amide bonds. The number of alkyl halides is 2. The molecule has 2 saturated heterocycles. The number of carbonyl (C=O) groups excluding carboxylic acids is 4. The number of hydrogen-bond donors (Lipinski definition) is 1. The second-order valence-corrected chi connectivity index (χ2v) is 10.4. The zero-order valence-corrected chi connectivity index (χ0v) is 19.7. The Kier molecular flexibility index (Phi) is 4.69. The van der Waals surface area contributed by atoms with E-state index in [9.17, 15) is 24.3 Å². The number of methoxy groups -OCH3 is 1. The molecule has 1 aromatic carbocycles. The molecule has 0 radical (unpaired) electrons. The van der Waals surface area contributed by atoms with Crippen LogP contribution in [0.5, 0.6) is 11.5 Å². The van der Waals surface area contributed by atoms with Crippen LogP contribution in [0.3, 0.4) is 0 Å². The van der Waals surface area contributed by atoms with E-state index in [4.69, 9.17) is 27.9 Å². The number of ether oxygens (including phenoxy) is 1. The molecule has 4 aliphatic rings. The first-order valence-electron chi connectivity index (χ1n) is 10.6. The first-order valence-corrected chi connectivity index (χ1v) is 11.3. The Morgan fingerprint density at radius 1 is 1.03 bits per heavy atom. The Morgan fingerprint density at radius 3 is 2.39 bits per heavy atom. The summed E-state index contributed by atoms with van der Waals surface area (Å²) in [5, 5.41) is 9.98. The molecule has 1 saturated carbocycles. The number of nitrogens with zero attached hydrogens (tertiary/aromatic N) is 2. The van der Waals surface area contributed by atoms with Crippen LogP contribution in [0, 0.1) is 17.8 Å². The van der Waals surface area contributed by atoms with Crippen LogP contribution in [0.25, 0.3) is 0 Å².